The monoisotopic (exact) mass is 318 g/mol. The fraction of sp³-hybridized carbons (Fsp3) is 0.643. The minimum absolute atomic E-state index is 0.00440. The van der Waals surface area contributed by atoms with E-state index in [2.05, 4.69) is 0 Å². The van der Waals surface area contributed by atoms with Crippen LogP contribution in [0.15, 0.2) is 6.07 Å². The van der Waals surface area contributed by atoms with Crippen LogP contribution in [0, 0.1) is 0 Å². The van der Waals surface area contributed by atoms with E-state index >= 15 is 0 Å². The number of carboxylic acids is 1. The molecule has 0 bridgehead atoms. The van der Waals surface area contributed by atoms with Crippen molar-refractivity contribution in [1.29, 1.82) is 0 Å². The Hall–Kier alpha value is -1.15. The van der Waals surface area contributed by atoms with Gasteiger partial charge in [0.1, 0.15) is 18.5 Å². The maximum absolute atomic E-state index is 11.2. The number of carbonyl (C=O) groups is 1. The molecule has 1 rings (SSSR count). The third-order valence-corrected chi connectivity index (χ3v) is 3.78. The Kier molecular flexibility index (Phi) is 8.29. The summed E-state index contributed by atoms with van der Waals surface area (Å²) in [6.07, 6.45) is 0.949. The topological polar surface area (TPSA) is 85.2 Å². The molecular weight excluding hydrogens is 296 g/mol. The van der Waals surface area contributed by atoms with Crippen LogP contribution in [0.2, 0.25) is 0 Å². The molecule has 0 saturated carbocycles. The fourth-order valence-corrected chi connectivity index (χ4v) is 2.68. The van der Waals surface area contributed by atoms with Gasteiger partial charge in [-0.1, -0.05) is 13.3 Å². The summed E-state index contributed by atoms with van der Waals surface area (Å²) in [5.41, 5.74) is 0. The molecule has 1 unspecified atom stereocenters. The van der Waals surface area contributed by atoms with Crippen molar-refractivity contribution in [2.24, 2.45) is 0 Å². The average molecular weight is 318 g/mol. The molecule has 0 spiro atoms. The van der Waals surface area contributed by atoms with Gasteiger partial charge in [0.05, 0.1) is 19.8 Å². The summed E-state index contributed by atoms with van der Waals surface area (Å²) in [4.78, 5) is 12.3. The van der Waals surface area contributed by atoms with E-state index in [9.17, 15) is 9.90 Å². The number of aryl methyl sites for hydroxylation is 1. The van der Waals surface area contributed by atoms with Crippen molar-refractivity contribution in [2.45, 2.75) is 25.9 Å². The Balaban J connectivity index is 2.47. The lowest BCUT2D eigenvalue weighted by Crippen LogP contribution is -2.24. The molecule has 21 heavy (non-hydrogen) atoms. The molecule has 0 aliphatic heterocycles. The van der Waals surface area contributed by atoms with Crippen LogP contribution in [0.4, 0.5) is 0 Å². The highest BCUT2D eigenvalue weighted by Gasteiger charge is 2.17. The van der Waals surface area contributed by atoms with Crippen molar-refractivity contribution in [3.63, 3.8) is 0 Å². The van der Waals surface area contributed by atoms with E-state index in [-0.39, 0.29) is 18.1 Å². The zero-order valence-corrected chi connectivity index (χ0v) is 13.1. The van der Waals surface area contributed by atoms with Crippen molar-refractivity contribution >= 4 is 17.3 Å². The molecule has 1 heterocycles. The predicted molar refractivity (Wildman–Crippen MR) is 79.5 cm³/mol. The second-order valence-corrected chi connectivity index (χ2v) is 5.63. The lowest BCUT2D eigenvalue weighted by Gasteiger charge is -2.12. The molecule has 1 aromatic rings. The maximum Gasteiger partial charge on any atom is 0.349 e. The molecule has 120 valence electrons. The van der Waals surface area contributed by atoms with Crippen LogP contribution in [0.25, 0.3) is 0 Å². The number of hydrogen-bond acceptors (Lipinski definition) is 6. The summed E-state index contributed by atoms with van der Waals surface area (Å²) in [5, 5.41) is 18.9. The third kappa shape index (κ3) is 6.43. The summed E-state index contributed by atoms with van der Waals surface area (Å²) >= 11 is 1.21. The van der Waals surface area contributed by atoms with Gasteiger partial charge in [-0.15, -0.1) is 11.3 Å². The summed E-state index contributed by atoms with van der Waals surface area (Å²) in [7, 11) is 1.57. The molecule has 0 aliphatic carbocycles. The Bertz CT molecular complexity index is 431. The van der Waals surface area contributed by atoms with Gasteiger partial charge in [-0.05, 0) is 12.5 Å². The number of carboxylic acid groups (broad SMARTS) is 1. The summed E-state index contributed by atoms with van der Waals surface area (Å²) < 4.78 is 15.4. The molecule has 6 nitrogen and oxygen atoms in total. The standard InChI is InChI=1S/C14H22O6S/c1-3-4-11-7-12(13(21-11)14(16)17)20-9-10(15)8-19-6-5-18-2/h7,10,15H,3-6,8-9H2,1-2H3,(H,16,17). The highest BCUT2D eigenvalue weighted by atomic mass is 32.1. The summed E-state index contributed by atoms with van der Waals surface area (Å²) in [6.45, 7) is 3.00. The van der Waals surface area contributed by atoms with Gasteiger partial charge in [0.2, 0.25) is 0 Å². The number of rotatable bonds is 11. The normalized spacial score (nSPS) is 12.3. The summed E-state index contributed by atoms with van der Waals surface area (Å²) in [6, 6.07) is 1.73. The molecule has 2 N–H and O–H groups in total. The van der Waals surface area contributed by atoms with Gasteiger partial charge in [-0.2, -0.15) is 0 Å². The highest BCUT2D eigenvalue weighted by molar-refractivity contribution is 7.14. The van der Waals surface area contributed by atoms with Crippen molar-refractivity contribution in [3.8, 4) is 5.75 Å². The molecule has 7 heteroatoms. The van der Waals surface area contributed by atoms with Crippen molar-refractivity contribution in [3.05, 3.63) is 15.8 Å². The minimum Gasteiger partial charge on any atom is -0.489 e. The Morgan fingerprint density at radius 2 is 2.14 bits per heavy atom. The molecule has 0 radical (unpaired) electrons. The van der Waals surface area contributed by atoms with Crippen LogP contribution in [0.1, 0.15) is 27.9 Å². The minimum atomic E-state index is -1.01. The first-order valence-electron chi connectivity index (χ1n) is 6.82. The second kappa shape index (κ2) is 9.73. The van der Waals surface area contributed by atoms with E-state index in [0.29, 0.717) is 19.0 Å². The van der Waals surface area contributed by atoms with Gasteiger partial charge in [-0.25, -0.2) is 4.79 Å². The smallest absolute Gasteiger partial charge is 0.349 e. The number of aliphatic hydroxyl groups excluding tert-OH is 1. The van der Waals surface area contributed by atoms with E-state index in [1.165, 1.54) is 11.3 Å². The van der Waals surface area contributed by atoms with Gasteiger partial charge in [0.25, 0.3) is 0 Å². The molecule has 0 saturated heterocycles. The van der Waals surface area contributed by atoms with Crippen molar-refractivity contribution < 1.29 is 29.2 Å². The first-order chi connectivity index (χ1) is 10.1. The zero-order chi connectivity index (χ0) is 15.7. The van der Waals surface area contributed by atoms with Gasteiger partial charge in [0, 0.05) is 12.0 Å². The van der Waals surface area contributed by atoms with Crippen LogP contribution in [-0.2, 0) is 15.9 Å². The Labute approximate surface area is 128 Å². The largest absolute Gasteiger partial charge is 0.489 e. The molecule has 0 aliphatic rings. The van der Waals surface area contributed by atoms with Gasteiger partial charge < -0.3 is 24.4 Å². The number of aliphatic hydroxyl groups is 1. The van der Waals surface area contributed by atoms with Crippen LogP contribution in [0.3, 0.4) is 0 Å². The second-order valence-electron chi connectivity index (χ2n) is 4.49. The molecular formula is C14H22O6S. The van der Waals surface area contributed by atoms with E-state index in [1.807, 2.05) is 6.92 Å². The fourth-order valence-electron chi connectivity index (χ4n) is 1.64. The lowest BCUT2D eigenvalue weighted by atomic mass is 10.3. The van der Waals surface area contributed by atoms with Crippen molar-refractivity contribution in [2.75, 3.05) is 33.5 Å². The number of ether oxygens (including phenoxy) is 3. The first kappa shape index (κ1) is 17.9. The van der Waals surface area contributed by atoms with Gasteiger partial charge in [0.15, 0.2) is 4.88 Å². The van der Waals surface area contributed by atoms with Crippen LogP contribution in [-0.4, -0.2) is 55.8 Å². The molecule has 0 amide bonds. The average Bonchev–Trinajstić information content (AvgIpc) is 2.85. The molecule has 1 atom stereocenters. The quantitative estimate of drug-likeness (QED) is 0.605. The third-order valence-electron chi connectivity index (χ3n) is 2.61. The van der Waals surface area contributed by atoms with E-state index < -0.39 is 12.1 Å². The summed E-state index contributed by atoms with van der Waals surface area (Å²) in [5.74, 6) is -0.699. The van der Waals surface area contributed by atoms with Crippen LogP contribution in [0.5, 0.6) is 5.75 Å². The number of aromatic carboxylic acids is 1. The van der Waals surface area contributed by atoms with E-state index in [0.717, 1.165) is 17.7 Å². The Morgan fingerprint density at radius 3 is 2.76 bits per heavy atom. The Morgan fingerprint density at radius 1 is 1.38 bits per heavy atom. The van der Waals surface area contributed by atoms with E-state index in [1.54, 1.807) is 13.2 Å². The first-order valence-corrected chi connectivity index (χ1v) is 7.63. The number of methoxy groups -OCH3 is 1. The van der Waals surface area contributed by atoms with Crippen molar-refractivity contribution in [1.82, 2.24) is 0 Å². The maximum atomic E-state index is 11.2. The highest BCUT2D eigenvalue weighted by Crippen LogP contribution is 2.30. The van der Waals surface area contributed by atoms with Gasteiger partial charge in [-0.3, -0.25) is 0 Å². The van der Waals surface area contributed by atoms with E-state index in [4.69, 9.17) is 19.3 Å². The zero-order valence-electron chi connectivity index (χ0n) is 12.3. The van der Waals surface area contributed by atoms with Crippen LogP contribution >= 0.6 is 11.3 Å². The SMILES string of the molecule is CCCc1cc(OCC(O)COCCOC)c(C(=O)O)s1. The van der Waals surface area contributed by atoms with Gasteiger partial charge >= 0.3 is 5.97 Å². The lowest BCUT2D eigenvalue weighted by molar-refractivity contribution is -0.00431. The number of hydrogen-bond donors (Lipinski definition) is 2. The van der Waals surface area contributed by atoms with Crippen LogP contribution < -0.4 is 4.74 Å². The molecule has 0 fully saturated rings. The number of thiophene rings is 1. The molecule has 1 aromatic heterocycles. The molecule has 0 aromatic carbocycles. The predicted octanol–water partition coefficient (Wildman–Crippen LogP) is 1.80.